The molecule has 0 spiro atoms. The Labute approximate surface area is 119 Å². The Bertz CT molecular complexity index is 463. The fraction of sp³-hybridized carbons (Fsp3) is 0.533. The molecule has 0 aliphatic heterocycles. The number of nitrogens with two attached hydrogens (primary N) is 1. The van der Waals surface area contributed by atoms with Crippen LogP contribution in [0.2, 0.25) is 0 Å². The topological polar surface area (TPSA) is 64.3 Å². The molecule has 3 N–H and O–H groups in total. The van der Waals surface area contributed by atoms with Crippen molar-refractivity contribution in [2.45, 2.75) is 52.3 Å². The lowest BCUT2D eigenvalue weighted by atomic mass is 10.1. The van der Waals surface area contributed by atoms with E-state index in [0.29, 0.717) is 11.3 Å². The highest BCUT2D eigenvalue weighted by atomic mass is 19.1. The minimum absolute atomic E-state index is 0.0923. The summed E-state index contributed by atoms with van der Waals surface area (Å²) in [6.07, 6.45) is 0.187. The van der Waals surface area contributed by atoms with Gasteiger partial charge in [-0.05, 0) is 45.4 Å². The van der Waals surface area contributed by atoms with Crippen molar-refractivity contribution in [3.8, 4) is 5.75 Å². The summed E-state index contributed by atoms with van der Waals surface area (Å²) in [4.78, 5) is 11.9. The van der Waals surface area contributed by atoms with Crippen molar-refractivity contribution in [3.63, 3.8) is 0 Å². The van der Waals surface area contributed by atoms with Crippen LogP contribution in [0.15, 0.2) is 18.2 Å². The lowest BCUT2D eigenvalue weighted by Gasteiger charge is -2.20. The fourth-order valence-corrected chi connectivity index (χ4v) is 1.69. The van der Waals surface area contributed by atoms with Crippen molar-refractivity contribution in [3.05, 3.63) is 29.6 Å². The molecule has 1 aromatic rings. The molecule has 112 valence electrons. The molecule has 20 heavy (non-hydrogen) atoms. The highest BCUT2D eigenvalue weighted by Crippen LogP contribution is 2.25. The SMILES string of the molecule is CCC(C)NC(=O)C(C)Oc1ccc(F)cc1[C@H](C)N. The van der Waals surface area contributed by atoms with Gasteiger partial charge in [0.2, 0.25) is 0 Å². The maximum Gasteiger partial charge on any atom is 0.260 e. The van der Waals surface area contributed by atoms with E-state index in [0.717, 1.165) is 6.42 Å². The standard InChI is InChI=1S/C15H23FN2O2/c1-5-9(2)18-15(19)11(4)20-14-7-6-12(16)8-13(14)10(3)17/h6-11H,5,17H2,1-4H3,(H,18,19)/t9?,10-,11?/m0/s1. The van der Waals surface area contributed by atoms with Gasteiger partial charge in [0, 0.05) is 17.6 Å². The number of rotatable bonds is 6. The van der Waals surface area contributed by atoms with Crippen LogP contribution >= 0.6 is 0 Å². The number of hydrogen-bond donors (Lipinski definition) is 2. The van der Waals surface area contributed by atoms with E-state index >= 15 is 0 Å². The van der Waals surface area contributed by atoms with Crippen molar-refractivity contribution in [1.29, 1.82) is 0 Å². The van der Waals surface area contributed by atoms with E-state index in [1.54, 1.807) is 13.8 Å². The van der Waals surface area contributed by atoms with Crippen LogP contribution in [0.4, 0.5) is 4.39 Å². The van der Waals surface area contributed by atoms with Gasteiger partial charge in [-0.3, -0.25) is 4.79 Å². The molecule has 1 aromatic carbocycles. The lowest BCUT2D eigenvalue weighted by molar-refractivity contribution is -0.127. The normalized spacial score (nSPS) is 15.3. The van der Waals surface area contributed by atoms with Crippen LogP contribution in [0, 0.1) is 5.82 Å². The molecule has 0 aliphatic rings. The van der Waals surface area contributed by atoms with E-state index in [9.17, 15) is 9.18 Å². The average molecular weight is 282 g/mol. The Morgan fingerprint density at radius 3 is 2.60 bits per heavy atom. The molecule has 0 saturated carbocycles. The molecule has 0 aromatic heterocycles. The zero-order valence-corrected chi connectivity index (χ0v) is 12.4. The van der Waals surface area contributed by atoms with E-state index in [2.05, 4.69) is 5.32 Å². The van der Waals surface area contributed by atoms with Crippen LogP contribution in [-0.2, 0) is 4.79 Å². The largest absolute Gasteiger partial charge is 0.481 e. The predicted octanol–water partition coefficient (Wildman–Crippen LogP) is 2.53. The molecule has 0 aliphatic carbocycles. The van der Waals surface area contributed by atoms with Gasteiger partial charge in [0.25, 0.3) is 5.91 Å². The number of benzene rings is 1. The monoisotopic (exact) mass is 282 g/mol. The van der Waals surface area contributed by atoms with Gasteiger partial charge in [-0.25, -0.2) is 4.39 Å². The highest BCUT2D eigenvalue weighted by Gasteiger charge is 2.19. The third-order valence-electron chi connectivity index (χ3n) is 3.14. The van der Waals surface area contributed by atoms with Crippen LogP contribution < -0.4 is 15.8 Å². The van der Waals surface area contributed by atoms with Crippen molar-refractivity contribution in [2.24, 2.45) is 5.73 Å². The van der Waals surface area contributed by atoms with E-state index in [4.69, 9.17) is 10.5 Å². The van der Waals surface area contributed by atoms with Crippen LogP contribution in [0.5, 0.6) is 5.75 Å². The van der Waals surface area contributed by atoms with Crippen molar-refractivity contribution in [2.75, 3.05) is 0 Å². The van der Waals surface area contributed by atoms with Crippen molar-refractivity contribution in [1.82, 2.24) is 5.32 Å². The molecule has 1 rings (SSSR count). The first-order valence-corrected chi connectivity index (χ1v) is 6.87. The van der Waals surface area contributed by atoms with Crippen molar-refractivity contribution < 1.29 is 13.9 Å². The summed E-state index contributed by atoms with van der Waals surface area (Å²) in [5, 5.41) is 2.84. The zero-order valence-electron chi connectivity index (χ0n) is 12.4. The summed E-state index contributed by atoms with van der Waals surface area (Å²) in [5.74, 6) is -0.131. The van der Waals surface area contributed by atoms with Gasteiger partial charge in [-0.15, -0.1) is 0 Å². The summed E-state index contributed by atoms with van der Waals surface area (Å²) in [6, 6.07) is 3.85. The zero-order chi connectivity index (χ0) is 15.3. The Morgan fingerprint density at radius 1 is 1.40 bits per heavy atom. The second-order valence-electron chi connectivity index (χ2n) is 5.05. The first-order valence-electron chi connectivity index (χ1n) is 6.87. The van der Waals surface area contributed by atoms with Gasteiger partial charge in [0.15, 0.2) is 6.10 Å². The molecular formula is C15H23FN2O2. The molecule has 1 amide bonds. The summed E-state index contributed by atoms with van der Waals surface area (Å²) in [6.45, 7) is 7.32. The minimum atomic E-state index is -0.660. The maximum atomic E-state index is 13.2. The lowest BCUT2D eigenvalue weighted by Crippen LogP contribution is -2.41. The van der Waals surface area contributed by atoms with Crippen LogP contribution in [0.1, 0.15) is 45.7 Å². The van der Waals surface area contributed by atoms with E-state index in [1.165, 1.54) is 18.2 Å². The van der Waals surface area contributed by atoms with E-state index in [-0.39, 0.29) is 23.8 Å². The average Bonchev–Trinajstić information content (AvgIpc) is 2.40. The first kappa shape index (κ1) is 16.4. The van der Waals surface area contributed by atoms with Gasteiger partial charge in [-0.1, -0.05) is 6.92 Å². The number of carbonyl (C=O) groups excluding carboxylic acids is 1. The Hall–Kier alpha value is -1.62. The van der Waals surface area contributed by atoms with Crippen molar-refractivity contribution >= 4 is 5.91 Å². The van der Waals surface area contributed by atoms with Gasteiger partial charge in [-0.2, -0.15) is 0 Å². The molecule has 0 bridgehead atoms. The summed E-state index contributed by atoms with van der Waals surface area (Å²) in [7, 11) is 0. The second kappa shape index (κ2) is 7.24. The van der Waals surface area contributed by atoms with Gasteiger partial charge >= 0.3 is 0 Å². The molecule has 0 radical (unpaired) electrons. The summed E-state index contributed by atoms with van der Waals surface area (Å²) < 4.78 is 18.8. The number of halogens is 1. The summed E-state index contributed by atoms with van der Waals surface area (Å²) >= 11 is 0. The first-order chi connectivity index (χ1) is 9.35. The number of nitrogens with one attached hydrogen (secondary N) is 1. The number of amides is 1. The predicted molar refractivity (Wildman–Crippen MR) is 77.0 cm³/mol. The third kappa shape index (κ3) is 4.49. The van der Waals surface area contributed by atoms with Crippen LogP contribution in [-0.4, -0.2) is 18.1 Å². The summed E-state index contributed by atoms with van der Waals surface area (Å²) in [5.41, 5.74) is 6.34. The van der Waals surface area contributed by atoms with Gasteiger partial charge < -0.3 is 15.8 Å². The van der Waals surface area contributed by atoms with Crippen LogP contribution in [0.3, 0.4) is 0 Å². The van der Waals surface area contributed by atoms with E-state index < -0.39 is 6.10 Å². The second-order valence-corrected chi connectivity index (χ2v) is 5.05. The fourth-order valence-electron chi connectivity index (χ4n) is 1.69. The Morgan fingerprint density at radius 2 is 2.05 bits per heavy atom. The quantitative estimate of drug-likeness (QED) is 0.842. The maximum absolute atomic E-state index is 13.2. The molecule has 4 nitrogen and oxygen atoms in total. The number of ether oxygens (including phenoxy) is 1. The van der Waals surface area contributed by atoms with Gasteiger partial charge in [0.05, 0.1) is 0 Å². The number of hydrogen-bond acceptors (Lipinski definition) is 3. The Balaban J connectivity index is 2.80. The molecule has 0 saturated heterocycles. The van der Waals surface area contributed by atoms with Crippen LogP contribution in [0.25, 0.3) is 0 Å². The molecule has 2 unspecified atom stereocenters. The molecule has 0 heterocycles. The molecule has 5 heteroatoms. The smallest absolute Gasteiger partial charge is 0.260 e. The van der Waals surface area contributed by atoms with Gasteiger partial charge in [0.1, 0.15) is 11.6 Å². The minimum Gasteiger partial charge on any atom is -0.481 e. The molecular weight excluding hydrogens is 259 g/mol. The molecule has 0 fully saturated rings. The Kier molecular flexibility index (Phi) is 5.95. The number of carbonyl (C=O) groups is 1. The third-order valence-corrected chi connectivity index (χ3v) is 3.14. The highest BCUT2D eigenvalue weighted by molar-refractivity contribution is 5.81. The molecule has 3 atom stereocenters. The van der Waals surface area contributed by atoms with E-state index in [1.807, 2.05) is 13.8 Å².